The molecule has 0 atom stereocenters. The van der Waals surface area contributed by atoms with Crippen LogP contribution in [0.25, 0.3) is 0 Å². The number of nitriles is 2. The van der Waals surface area contributed by atoms with E-state index < -0.39 is 23.7 Å². The van der Waals surface area contributed by atoms with Crippen molar-refractivity contribution in [3.05, 3.63) is 33.8 Å². The Bertz CT molecular complexity index is 545. The van der Waals surface area contributed by atoms with Gasteiger partial charge in [-0.05, 0) is 30.4 Å². The van der Waals surface area contributed by atoms with E-state index in [0.29, 0.717) is 0 Å². The SMILES string of the molecule is Cc1ccsc1CC(C#N)(C#N)CCC(F)=C(F)F. The van der Waals surface area contributed by atoms with Crippen molar-refractivity contribution in [2.24, 2.45) is 5.41 Å². The van der Waals surface area contributed by atoms with Crippen LogP contribution in [0.5, 0.6) is 0 Å². The first-order valence-electron chi connectivity index (χ1n) is 5.49. The maximum Gasteiger partial charge on any atom is 0.301 e. The van der Waals surface area contributed by atoms with Crippen LogP contribution in [0.2, 0.25) is 0 Å². The molecule has 0 aliphatic heterocycles. The Kier molecular flexibility index (Phi) is 5.14. The van der Waals surface area contributed by atoms with Crippen LogP contribution in [-0.4, -0.2) is 0 Å². The molecule has 1 heterocycles. The van der Waals surface area contributed by atoms with Gasteiger partial charge in [-0.25, -0.2) is 4.39 Å². The molecule has 19 heavy (non-hydrogen) atoms. The van der Waals surface area contributed by atoms with Crippen LogP contribution < -0.4 is 0 Å². The molecule has 0 aliphatic carbocycles. The summed E-state index contributed by atoms with van der Waals surface area (Å²) in [4.78, 5) is 0.841. The number of aryl methyl sites for hydroxylation is 1. The number of allylic oxidation sites excluding steroid dienone is 1. The van der Waals surface area contributed by atoms with E-state index in [1.165, 1.54) is 11.3 Å². The fourth-order valence-electron chi connectivity index (χ4n) is 1.58. The number of halogens is 3. The number of rotatable bonds is 5. The van der Waals surface area contributed by atoms with Crippen molar-refractivity contribution in [3.63, 3.8) is 0 Å². The highest BCUT2D eigenvalue weighted by atomic mass is 32.1. The van der Waals surface area contributed by atoms with E-state index in [1.807, 2.05) is 30.5 Å². The Balaban J connectivity index is 2.88. The van der Waals surface area contributed by atoms with Crippen LogP contribution in [0.1, 0.15) is 23.3 Å². The highest BCUT2D eigenvalue weighted by Crippen LogP contribution is 2.33. The van der Waals surface area contributed by atoms with Gasteiger partial charge in [0, 0.05) is 17.7 Å². The lowest BCUT2D eigenvalue weighted by atomic mass is 9.82. The lowest BCUT2D eigenvalue weighted by Crippen LogP contribution is -2.19. The van der Waals surface area contributed by atoms with Gasteiger partial charge < -0.3 is 0 Å². The van der Waals surface area contributed by atoms with E-state index in [1.54, 1.807) is 0 Å². The maximum absolute atomic E-state index is 12.8. The van der Waals surface area contributed by atoms with Gasteiger partial charge in [0.05, 0.1) is 12.1 Å². The highest BCUT2D eigenvalue weighted by molar-refractivity contribution is 7.10. The number of thiophene rings is 1. The van der Waals surface area contributed by atoms with Gasteiger partial charge in [0.1, 0.15) is 5.41 Å². The van der Waals surface area contributed by atoms with Crippen molar-refractivity contribution in [2.75, 3.05) is 0 Å². The summed E-state index contributed by atoms with van der Waals surface area (Å²) in [6.07, 6.45) is -3.11. The van der Waals surface area contributed by atoms with Crippen molar-refractivity contribution >= 4 is 11.3 Å². The molecular formula is C13H11F3N2S. The van der Waals surface area contributed by atoms with Crippen LogP contribution in [0.3, 0.4) is 0 Å². The molecule has 0 saturated carbocycles. The van der Waals surface area contributed by atoms with Crippen molar-refractivity contribution < 1.29 is 13.2 Å². The molecule has 1 aromatic heterocycles. The summed E-state index contributed by atoms with van der Waals surface area (Å²) in [5, 5.41) is 20.1. The second-order valence-corrected chi connectivity index (χ2v) is 5.18. The molecule has 1 aromatic rings. The van der Waals surface area contributed by atoms with Gasteiger partial charge in [-0.2, -0.15) is 19.3 Å². The Labute approximate surface area is 113 Å². The van der Waals surface area contributed by atoms with E-state index >= 15 is 0 Å². The van der Waals surface area contributed by atoms with Crippen LogP contribution in [0.15, 0.2) is 23.4 Å². The van der Waals surface area contributed by atoms with E-state index in [2.05, 4.69) is 0 Å². The van der Waals surface area contributed by atoms with Crippen molar-refractivity contribution in [1.82, 2.24) is 0 Å². The lowest BCUT2D eigenvalue weighted by Gasteiger charge is -2.17. The molecule has 1 rings (SSSR count). The van der Waals surface area contributed by atoms with Crippen molar-refractivity contribution in [2.45, 2.75) is 26.2 Å². The predicted molar refractivity (Wildman–Crippen MR) is 66.0 cm³/mol. The maximum atomic E-state index is 12.8. The molecule has 0 radical (unpaired) electrons. The predicted octanol–water partition coefficient (Wildman–Crippen LogP) is 4.49. The smallest absolute Gasteiger partial charge is 0.206 e. The van der Waals surface area contributed by atoms with Gasteiger partial charge in [-0.3, -0.25) is 0 Å². The summed E-state index contributed by atoms with van der Waals surface area (Å²) in [5.41, 5.74) is -0.532. The summed E-state index contributed by atoms with van der Waals surface area (Å²) < 4.78 is 36.8. The quantitative estimate of drug-likeness (QED) is 0.799. The lowest BCUT2D eigenvalue weighted by molar-refractivity contribution is 0.355. The van der Waals surface area contributed by atoms with Crippen LogP contribution >= 0.6 is 11.3 Å². The molecule has 0 fully saturated rings. The average Bonchev–Trinajstić information content (AvgIpc) is 2.79. The Morgan fingerprint density at radius 1 is 1.32 bits per heavy atom. The second kappa shape index (κ2) is 6.40. The molecule has 2 nitrogen and oxygen atoms in total. The van der Waals surface area contributed by atoms with Crippen molar-refractivity contribution in [3.8, 4) is 12.1 Å². The first-order chi connectivity index (χ1) is 8.94. The van der Waals surface area contributed by atoms with Gasteiger partial charge in [0.25, 0.3) is 0 Å². The second-order valence-electron chi connectivity index (χ2n) is 4.17. The molecule has 0 saturated heterocycles. The number of nitrogens with zero attached hydrogens (tertiary/aromatic N) is 2. The number of hydrogen-bond acceptors (Lipinski definition) is 3. The third kappa shape index (κ3) is 3.84. The zero-order valence-electron chi connectivity index (χ0n) is 10.2. The van der Waals surface area contributed by atoms with Gasteiger partial charge in [-0.1, -0.05) is 0 Å². The summed E-state index contributed by atoms with van der Waals surface area (Å²) >= 11 is 1.39. The minimum atomic E-state index is -2.39. The Hall–Kier alpha value is -1.79. The molecule has 0 aliphatic rings. The summed E-state index contributed by atoms with van der Waals surface area (Å²) in [7, 11) is 0. The fourth-order valence-corrected chi connectivity index (χ4v) is 2.60. The summed E-state index contributed by atoms with van der Waals surface area (Å²) in [5.74, 6) is -1.56. The first kappa shape index (κ1) is 15.3. The van der Waals surface area contributed by atoms with Crippen LogP contribution in [0, 0.1) is 35.0 Å². The van der Waals surface area contributed by atoms with E-state index in [4.69, 9.17) is 10.5 Å². The highest BCUT2D eigenvalue weighted by Gasteiger charge is 2.32. The first-order valence-corrected chi connectivity index (χ1v) is 6.37. The average molecular weight is 284 g/mol. The van der Waals surface area contributed by atoms with Crippen molar-refractivity contribution in [1.29, 1.82) is 10.5 Å². The standard InChI is InChI=1S/C13H11F3N2S/c1-9-3-5-19-11(9)6-13(7-17,8-18)4-2-10(14)12(15)16/h3,5H,2,4,6H2,1H3. The third-order valence-corrected chi connectivity index (χ3v) is 3.86. The Morgan fingerprint density at radius 3 is 2.37 bits per heavy atom. The largest absolute Gasteiger partial charge is 0.301 e. The molecule has 0 bridgehead atoms. The summed E-state index contributed by atoms with van der Waals surface area (Å²) in [6.45, 7) is 1.84. The van der Waals surface area contributed by atoms with E-state index in [9.17, 15) is 13.2 Å². The number of hydrogen-bond donors (Lipinski definition) is 0. The van der Waals surface area contributed by atoms with Gasteiger partial charge in [0.15, 0.2) is 5.83 Å². The third-order valence-electron chi connectivity index (χ3n) is 2.83. The monoisotopic (exact) mass is 284 g/mol. The summed E-state index contributed by atoms with van der Waals surface area (Å²) in [6, 6.07) is 5.52. The molecule has 6 heteroatoms. The molecule has 100 valence electrons. The normalized spacial score (nSPS) is 10.6. The van der Waals surface area contributed by atoms with Gasteiger partial charge in [0.2, 0.25) is 0 Å². The van der Waals surface area contributed by atoms with Crippen LogP contribution in [0.4, 0.5) is 13.2 Å². The van der Waals surface area contributed by atoms with Gasteiger partial charge in [-0.15, -0.1) is 11.3 Å². The zero-order valence-corrected chi connectivity index (χ0v) is 11.0. The molecule has 0 aromatic carbocycles. The minimum absolute atomic E-state index is 0.130. The van der Waals surface area contributed by atoms with E-state index in [-0.39, 0.29) is 12.8 Å². The molecular weight excluding hydrogens is 273 g/mol. The molecule has 0 spiro atoms. The zero-order chi connectivity index (χ0) is 14.5. The molecule has 0 amide bonds. The van der Waals surface area contributed by atoms with Gasteiger partial charge >= 0.3 is 6.08 Å². The molecule has 0 unspecified atom stereocenters. The topological polar surface area (TPSA) is 47.6 Å². The van der Waals surface area contributed by atoms with Crippen LogP contribution in [-0.2, 0) is 6.42 Å². The minimum Gasteiger partial charge on any atom is -0.206 e. The fraction of sp³-hybridized carbons (Fsp3) is 0.385. The molecule has 0 N–H and O–H groups in total. The Morgan fingerprint density at radius 2 is 1.95 bits per heavy atom. The van der Waals surface area contributed by atoms with E-state index in [0.717, 1.165) is 10.4 Å².